The third-order valence-corrected chi connectivity index (χ3v) is 7.90. The maximum Gasteiger partial charge on any atom is 0.0705 e. The standard InChI is InChI=1S/C35H47N/c1-6-8-9-11-17-29(5)18-16-22-34-32(25-26-33(36-34)30-19-12-10-13-20-30)35(7-2)27-15-14-21-31(35)24-23-28(3)4/h6-8,10-13,17,19-20,25-26,28,31H,2,5,9,14-16,18,21-24,27H2,1,3-4H3/b8-6-,17-11-. The average molecular weight is 482 g/mol. The van der Waals surface area contributed by atoms with Crippen LogP contribution >= 0.6 is 0 Å². The van der Waals surface area contributed by atoms with Crippen LogP contribution in [-0.4, -0.2) is 4.98 Å². The first-order chi connectivity index (χ1) is 17.5. The van der Waals surface area contributed by atoms with Crippen molar-refractivity contribution in [3.05, 3.63) is 103 Å². The second-order valence-electron chi connectivity index (χ2n) is 10.9. The molecule has 1 aliphatic carbocycles. The molecule has 1 aromatic carbocycles. The summed E-state index contributed by atoms with van der Waals surface area (Å²) in [5.74, 6) is 1.39. The van der Waals surface area contributed by atoms with Crippen LogP contribution in [-0.2, 0) is 11.8 Å². The molecule has 0 aliphatic heterocycles. The summed E-state index contributed by atoms with van der Waals surface area (Å²) in [6.45, 7) is 15.5. The lowest BCUT2D eigenvalue weighted by molar-refractivity contribution is 0.209. The first-order valence-corrected chi connectivity index (χ1v) is 14.1. The number of rotatable bonds is 13. The third kappa shape index (κ3) is 7.42. The largest absolute Gasteiger partial charge is 0.253 e. The van der Waals surface area contributed by atoms with Gasteiger partial charge in [-0.2, -0.15) is 0 Å². The van der Waals surface area contributed by atoms with Gasteiger partial charge in [0, 0.05) is 16.7 Å². The van der Waals surface area contributed by atoms with Crippen LogP contribution in [0.5, 0.6) is 0 Å². The summed E-state index contributed by atoms with van der Waals surface area (Å²) in [4.78, 5) is 5.32. The second kappa shape index (κ2) is 14.2. The van der Waals surface area contributed by atoms with Crippen molar-refractivity contribution in [2.24, 2.45) is 11.8 Å². The van der Waals surface area contributed by atoms with E-state index in [1.165, 1.54) is 60.9 Å². The summed E-state index contributed by atoms with van der Waals surface area (Å²) in [5, 5.41) is 0. The van der Waals surface area contributed by atoms with Crippen molar-refractivity contribution in [2.75, 3.05) is 0 Å². The average Bonchev–Trinajstić information content (AvgIpc) is 2.90. The van der Waals surface area contributed by atoms with Gasteiger partial charge in [0.05, 0.1) is 5.69 Å². The zero-order valence-corrected chi connectivity index (χ0v) is 23.0. The van der Waals surface area contributed by atoms with Gasteiger partial charge in [0.2, 0.25) is 0 Å². The minimum absolute atomic E-state index is 0.0358. The van der Waals surface area contributed by atoms with E-state index < -0.39 is 0 Å². The number of hydrogen-bond donors (Lipinski definition) is 0. The smallest absolute Gasteiger partial charge is 0.0705 e. The predicted octanol–water partition coefficient (Wildman–Crippen LogP) is 10.2. The number of aryl methyl sites for hydroxylation is 1. The Labute approximate surface area is 221 Å². The molecule has 0 bridgehead atoms. The molecule has 1 fully saturated rings. The molecule has 0 radical (unpaired) electrons. The SMILES string of the molecule is C=CC1(c2ccc(-c3ccccc3)nc2CCCC(=C)/C=C\C/C=C\C)CCCCC1CCC(C)C. The molecule has 192 valence electrons. The molecule has 1 aliphatic rings. The van der Waals surface area contributed by atoms with Crippen molar-refractivity contribution >= 4 is 0 Å². The highest BCUT2D eigenvalue weighted by Crippen LogP contribution is 2.48. The van der Waals surface area contributed by atoms with Crippen LogP contribution in [0.2, 0.25) is 0 Å². The highest BCUT2D eigenvalue weighted by molar-refractivity contribution is 5.60. The highest BCUT2D eigenvalue weighted by atomic mass is 14.7. The van der Waals surface area contributed by atoms with Gasteiger partial charge in [0.15, 0.2) is 0 Å². The van der Waals surface area contributed by atoms with Crippen LogP contribution in [0, 0.1) is 11.8 Å². The van der Waals surface area contributed by atoms with E-state index in [4.69, 9.17) is 4.98 Å². The fourth-order valence-electron chi connectivity index (χ4n) is 5.84. The lowest BCUT2D eigenvalue weighted by Crippen LogP contribution is -2.37. The van der Waals surface area contributed by atoms with E-state index in [0.29, 0.717) is 5.92 Å². The van der Waals surface area contributed by atoms with Gasteiger partial charge in [-0.25, -0.2) is 0 Å². The summed E-state index contributed by atoms with van der Waals surface area (Å²) in [6.07, 6.45) is 22.6. The summed E-state index contributed by atoms with van der Waals surface area (Å²) in [6, 6.07) is 15.2. The van der Waals surface area contributed by atoms with Crippen LogP contribution in [0.4, 0.5) is 0 Å². The molecule has 2 atom stereocenters. The molecule has 1 aromatic heterocycles. The minimum atomic E-state index is 0.0358. The topological polar surface area (TPSA) is 12.9 Å². The second-order valence-corrected chi connectivity index (χ2v) is 10.9. The Balaban J connectivity index is 1.91. The Kier molecular flexibility index (Phi) is 11.0. The van der Waals surface area contributed by atoms with Crippen molar-refractivity contribution < 1.29 is 0 Å². The van der Waals surface area contributed by atoms with Crippen LogP contribution in [0.3, 0.4) is 0 Å². The zero-order chi connectivity index (χ0) is 25.8. The quantitative estimate of drug-likeness (QED) is 0.205. The molecule has 1 saturated carbocycles. The molecule has 1 heteroatoms. The monoisotopic (exact) mass is 481 g/mol. The minimum Gasteiger partial charge on any atom is -0.253 e. The first-order valence-electron chi connectivity index (χ1n) is 14.1. The van der Waals surface area contributed by atoms with Crippen LogP contribution < -0.4 is 0 Å². The summed E-state index contributed by atoms with van der Waals surface area (Å²) >= 11 is 0. The van der Waals surface area contributed by atoms with E-state index in [-0.39, 0.29) is 5.41 Å². The lowest BCUT2D eigenvalue weighted by Gasteiger charge is -2.44. The van der Waals surface area contributed by atoms with E-state index in [0.717, 1.165) is 37.3 Å². The van der Waals surface area contributed by atoms with Gasteiger partial charge in [0.1, 0.15) is 0 Å². The van der Waals surface area contributed by atoms with Crippen LogP contribution in [0.25, 0.3) is 11.3 Å². The number of pyridine rings is 1. The molecule has 0 spiro atoms. The van der Waals surface area contributed by atoms with Crippen molar-refractivity contribution in [3.63, 3.8) is 0 Å². The maximum atomic E-state index is 5.32. The predicted molar refractivity (Wildman–Crippen MR) is 158 cm³/mol. The Morgan fingerprint density at radius 1 is 1.11 bits per heavy atom. The van der Waals surface area contributed by atoms with Crippen molar-refractivity contribution in [1.29, 1.82) is 0 Å². The number of nitrogens with zero attached hydrogens (tertiary/aromatic N) is 1. The molecule has 0 N–H and O–H groups in total. The Bertz CT molecular complexity index is 1030. The normalized spacial score (nSPS) is 20.4. The van der Waals surface area contributed by atoms with Gasteiger partial charge in [-0.05, 0) is 75.3 Å². The Morgan fingerprint density at radius 2 is 1.92 bits per heavy atom. The molecule has 0 saturated heterocycles. The zero-order valence-electron chi connectivity index (χ0n) is 23.0. The van der Waals surface area contributed by atoms with Gasteiger partial charge in [0.25, 0.3) is 0 Å². The maximum absolute atomic E-state index is 5.32. The fourth-order valence-corrected chi connectivity index (χ4v) is 5.84. The van der Waals surface area contributed by atoms with E-state index in [9.17, 15) is 0 Å². The molecule has 2 unspecified atom stereocenters. The summed E-state index contributed by atoms with van der Waals surface area (Å²) in [5.41, 5.74) is 6.19. The van der Waals surface area contributed by atoms with Crippen LogP contribution in [0.15, 0.2) is 91.6 Å². The van der Waals surface area contributed by atoms with Crippen LogP contribution in [0.1, 0.15) is 89.8 Å². The highest BCUT2D eigenvalue weighted by Gasteiger charge is 2.41. The third-order valence-electron chi connectivity index (χ3n) is 7.90. The molecule has 3 rings (SSSR count). The van der Waals surface area contributed by atoms with Gasteiger partial charge in [-0.15, -0.1) is 6.58 Å². The number of benzene rings is 1. The summed E-state index contributed by atoms with van der Waals surface area (Å²) < 4.78 is 0. The van der Waals surface area contributed by atoms with E-state index in [1.807, 2.05) is 0 Å². The lowest BCUT2D eigenvalue weighted by atomic mass is 9.60. The van der Waals surface area contributed by atoms with Gasteiger partial charge in [-0.3, -0.25) is 4.98 Å². The summed E-state index contributed by atoms with van der Waals surface area (Å²) in [7, 11) is 0. The van der Waals surface area contributed by atoms with Crippen molar-refractivity contribution in [3.8, 4) is 11.3 Å². The van der Waals surface area contributed by atoms with Gasteiger partial charge in [-0.1, -0.05) is 112 Å². The van der Waals surface area contributed by atoms with Crippen molar-refractivity contribution in [2.45, 2.75) is 90.4 Å². The van der Waals surface area contributed by atoms with Gasteiger partial charge < -0.3 is 0 Å². The Hall–Kier alpha value is -2.67. The first kappa shape index (κ1) is 27.9. The molecule has 36 heavy (non-hydrogen) atoms. The van der Waals surface area contributed by atoms with Gasteiger partial charge >= 0.3 is 0 Å². The number of hydrogen-bond acceptors (Lipinski definition) is 1. The van der Waals surface area contributed by atoms with E-state index in [1.54, 1.807) is 0 Å². The molecule has 2 aromatic rings. The fraction of sp³-hybridized carbons (Fsp3) is 0.457. The molecular weight excluding hydrogens is 434 g/mol. The number of aromatic nitrogens is 1. The molecule has 1 nitrogen and oxygen atoms in total. The molecule has 0 amide bonds. The molecular formula is C35H47N. The van der Waals surface area contributed by atoms with E-state index in [2.05, 4.69) is 107 Å². The molecule has 1 heterocycles. The number of allylic oxidation sites excluding steroid dienone is 6. The van der Waals surface area contributed by atoms with E-state index >= 15 is 0 Å². The Morgan fingerprint density at radius 3 is 2.64 bits per heavy atom. The van der Waals surface area contributed by atoms with Crippen molar-refractivity contribution in [1.82, 2.24) is 4.98 Å².